The number of aryl methyl sites for hydroxylation is 1. The van der Waals surface area contributed by atoms with Gasteiger partial charge in [-0.3, -0.25) is 4.79 Å². The highest BCUT2D eigenvalue weighted by molar-refractivity contribution is 7.99. The van der Waals surface area contributed by atoms with Crippen molar-refractivity contribution in [2.45, 2.75) is 23.5 Å². The molecule has 3 heteroatoms. The van der Waals surface area contributed by atoms with Crippen molar-refractivity contribution >= 4 is 23.2 Å². The smallest absolute Gasteiger partial charge is 0.164 e. The normalized spacial score (nSPS) is 11.9. The fourth-order valence-electron chi connectivity index (χ4n) is 2.66. The van der Waals surface area contributed by atoms with Gasteiger partial charge in [0.05, 0.1) is 0 Å². The van der Waals surface area contributed by atoms with Crippen molar-refractivity contribution < 1.29 is 4.79 Å². The van der Waals surface area contributed by atoms with E-state index in [1.807, 2.05) is 73.7 Å². The molecule has 2 N–H and O–H groups in total. The van der Waals surface area contributed by atoms with Crippen LogP contribution in [0.5, 0.6) is 0 Å². The molecule has 0 bridgehead atoms. The van der Waals surface area contributed by atoms with Gasteiger partial charge in [0, 0.05) is 27.8 Å². The summed E-state index contributed by atoms with van der Waals surface area (Å²) in [4.78, 5) is 13.8. The van der Waals surface area contributed by atoms with Crippen LogP contribution in [0.1, 0.15) is 33.2 Å². The van der Waals surface area contributed by atoms with Crippen molar-refractivity contribution in [3.8, 4) is 0 Å². The average Bonchev–Trinajstić information content (AvgIpc) is 2.64. The molecule has 0 fully saturated rings. The minimum Gasteiger partial charge on any atom is -0.398 e. The summed E-state index contributed by atoms with van der Waals surface area (Å²) in [6.45, 7) is 2.02. The number of hydrogen-bond donors (Lipinski definition) is 1. The van der Waals surface area contributed by atoms with Gasteiger partial charge in [-0.2, -0.15) is 0 Å². The van der Waals surface area contributed by atoms with Crippen molar-refractivity contribution in [2.75, 3.05) is 5.73 Å². The minimum atomic E-state index is 0.0275. The first-order valence-electron chi connectivity index (χ1n) is 8.29. The molecule has 0 aliphatic rings. The topological polar surface area (TPSA) is 43.1 Å². The van der Waals surface area contributed by atoms with Crippen LogP contribution < -0.4 is 5.73 Å². The highest BCUT2D eigenvalue weighted by Gasteiger charge is 2.19. The number of rotatable bonds is 6. The van der Waals surface area contributed by atoms with E-state index in [0.717, 1.165) is 27.3 Å². The van der Waals surface area contributed by atoms with Crippen molar-refractivity contribution in [2.24, 2.45) is 0 Å². The summed E-state index contributed by atoms with van der Waals surface area (Å²) in [6.07, 6.45) is 0.437. The molecule has 2 nitrogen and oxygen atoms in total. The lowest BCUT2D eigenvalue weighted by atomic mass is 10.0. The molecule has 126 valence electrons. The fraction of sp³-hybridized carbons (Fsp3) is 0.136. The molecule has 0 aromatic heterocycles. The van der Waals surface area contributed by atoms with Crippen molar-refractivity contribution in [1.29, 1.82) is 0 Å². The number of anilines is 1. The number of benzene rings is 3. The molecular weight excluding hydrogens is 326 g/mol. The summed E-state index contributed by atoms with van der Waals surface area (Å²) in [6, 6.07) is 25.7. The molecule has 0 radical (unpaired) electrons. The molecule has 0 aliphatic carbocycles. The molecule has 0 saturated heterocycles. The maximum absolute atomic E-state index is 12.8. The van der Waals surface area contributed by atoms with E-state index in [2.05, 4.69) is 12.1 Å². The molecule has 3 aromatic carbocycles. The number of ketones is 1. The first kappa shape index (κ1) is 17.3. The predicted molar refractivity (Wildman–Crippen MR) is 106 cm³/mol. The Kier molecular flexibility index (Phi) is 5.56. The van der Waals surface area contributed by atoms with E-state index in [0.29, 0.717) is 6.42 Å². The molecule has 0 spiro atoms. The third-order valence-corrected chi connectivity index (χ3v) is 5.45. The van der Waals surface area contributed by atoms with E-state index in [1.165, 1.54) is 0 Å². The molecule has 1 atom stereocenters. The Morgan fingerprint density at radius 3 is 2.24 bits per heavy atom. The fourth-order valence-corrected chi connectivity index (χ4v) is 3.86. The third kappa shape index (κ3) is 4.52. The number of Topliss-reactive ketones (excluding diaryl/α,β-unsaturated/α-hetero) is 1. The molecule has 3 aromatic rings. The van der Waals surface area contributed by atoms with Crippen molar-refractivity contribution in [1.82, 2.24) is 0 Å². The standard InChI is InChI=1S/C22H21NOS/c1-16-11-13-17(14-12-16)20(24)15-22(18-7-3-2-4-8-18)25-21-10-6-5-9-19(21)23/h2-14,22H,15,23H2,1H3. The molecule has 0 saturated carbocycles. The first-order chi connectivity index (χ1) is 12.1. The molecule has 1 unspecified atom stereocenters. The van der Waals surface area contributed by atoms with Crippen molar-refractivity contribution in [3.05, 3.63) is 95.6 Å². The minimum absolute atomic E-state index is 0.0275. The summed E-state index contributed by atoms with van der Waals surface area (Å²) >= 11 is 1.65. The lowest BCUT2D eigenvalue weighted by molar-refractivity contribution is 0.0982. The lowest BCUT2D eigenvalue weighted by Gasteiger charge is -2.17. The summed E-state index contributed by atoms with van der Waals surface area (Å²) in [5, 5.41) is 0.0275. The van der Waals surface area contributed by atoms with Crippen LogP contribution in [0.15, 0.2) is 83.8 Å². The maximum Gasteiger partial charge on any atom is 0.164 e. The van der Waals surface area contributed by atoms with Gasteiger partial charge in [-0.1, -0.05) is 72.3 Å². The van der Waals surface area contributed by atoms with Gasteiger partial charge in [0.15, 0.2) is 5.78 Å². The van der Waals surface area contributed by atoms with Gasteiger partial charge in [0.2, 0.25) is 0 Å². The largest absolute Gasteiger partial charge is 0.398 e. The number of carbonyl (C=O) groups excluding carboxylic acids is 1. The molecule has 0 amide bonds. The summed E-state index contributed by atoms with van der Waals surface area (Å²) in [7, 11) is 0. The van der Waals surface area contributed by atoms with Crippen molar-refractivity contribution in [3.63, 3.8) is 0 Å². The predicted octanol–water partition coefficient (Wildman–Crippen LogP) is 5.68. The van der Waals surface area contributed by atoms with Gasteiger partial charge in [-0.05, 0) is 24.6 Å². The second kappa shape index (κ2) is 8.04. The number of para-hydroxylation sites is 1. The van der Waals surface area contributed by atoms with Gasteiger partial charge in [0.25, 0.3) is 0 Å². The van der Waals surface area contributed by atoms with E-state index < -0.39 is 0 Å². The van der Waals surface area contributed by atoms with Gasteiger partial charge < -0.3 is 5.73 Å². The molecule has 25 heavy (non-hydrogen) atoms. The average molecular weight is 347 g/mol. The van der Waals surface area contributed by atoms with Crippen LogP contribution >= 0.6 is 11.8 Å². The molecule has 0 aliphatic heterocycles. The number of hydrogen-bond acceptors (Lipinski definition) is 3. The number of thioether (sulfide) groups is 1. The second-order valence-electron chi connectivity index (χ2n) is 6.05. The summed E-state index contributed by atoms with van der Waals surface area (Å²) in [5.74, 6) is 0.149. The Bertz CT molecular complexity index is 843. The Balaban J connectivity index is 1.85. The summed E-state index contributed by atoms with van der Waals surface area (Å²) < 4.78 is 0. The van der Waals surface area contributed by atoms with E-state index in [9.17, 15) is 4.79 Å². The second-order valence-corrected chi connectivity index (χ2v) is 7.29. The first-order valence-corrected chi connectivity index (χ1v) is 9.17. The quantitative estimate of drug-likeness (QED) is 0.354. The highest BCUT2D eigenvalue weighted by Crippen LogP contribution is 2.40. The van der Waals surface area contributed by atoms with Crippen LogP contribution in [0.25, 0.3) is 0 Å². The Morgan fingerprint density at radius 1 is 0.920 bits per heavy atom. The van der Waals surface area contributed by atoms with Gasteiger partial charge in [0.1, 0.15) is 0 Å². The Labute approximate surface area is 153 Å². The van der Waals surface area contributed by atoms with Gasteiger partial charge in [-0.25, -0.2) is 0 Å². The molecular formula is C22H21NOS. The van der Waals surface area contributed by atoms with Gasteiger partial charge in [-0.15, -0.1) is 11.8 Å². The van der Waals surface area contributed by atoms with E-state index in [-0.39, 0.29) is 11.0 Å². The van der Waals surface area contributed by atoms with E-state index in [1.54, 1.807) is 11.8 Å². The van der Waals surface area contributed by atoms with E-state index >= 15 is 0 Å². The van der Waals surface area contributed by atoms with Crippen LogP contribution in [0.2, 0.25) is 0 Å². The third-order valence-electron chi connectivity index (χ3n) is 4.10. The molecule has 0 heterocycles. The Hall–Kier alpha value is -2.52. The summed E-state index contributed by atoms with van der Waals surface area (Å²) in [5.41, 5.74) is 9.89. The SMILES string of the molecule is Cc1ccc(C(=O)CC(Sc2ccccc2N)c2ccccc2)cc1. The lowest BCUT2D eigenvalue weighted by Crippen LogP contribution is -2.06. The zero-order valence-electron chi connectivity index (χ0n) is 14.2. The maximum atomic E-state index is 12.8. The number of nitrogens with two attached hydrogens (primary N) is 1. The Morgan fingerprint density at radius 2 is 1.56 bits per heavy atom. The monoisotopic (exact) mass is 347 g/mol. The van der Waals surface area contributed by atoms with Crippen LogP contribution in [0.3, 0.4) is 0 Å². The van der Waals surface area contributed by atoms with Crippen LogP contribution in [-0.4, -0.2) is 5.78 Å². The highest BCUT2D eigenvalue weighted by atomic mass is 32.2. The number of nitrogen functional groups attached to an aromatic ring is 1. The van der Waals surface area contributed by atoms with Crippen LogP contribution in [0, 0.1) is 6.92 Å². The van der Waals surface area contributed by atoms with Crippen LogP contribution in [-0.2, 0) is 0 Å². The number of carbonyl (C=O) groups is 1. The van der Waals surface area contributed by atoms with E-state index in [4.69, 9.17) is 5.73 Å². The van der Waals surface area contributed by atoms with Crippen LogP contribution in [0.4, 0.5) is 5.69 Å². The van der Waals surface area contributed by atoms with Gasteiger partial charge >= 0.3 is 0 Å². The zero-order valence-corrected chi connectivity index (χ0v) is 15.0. The zero-order chi connectivity index (χ0) is 17.6. The molecule has 3 rings (SSSR count).